The Kier molecular flexibility index (Phi) is 5.32. The summed E-state index contributed by atoms with van der Waals surface area (Å²) in [5.41, 5.74) is 0. The van der Waals surface area contributed by atoms with Crippen molar-refractivity contribution in [3.8, 4) is 0 Å². The average molecular weight is 294 g/mol. The summed E-state index contributed by atoms with van der Waals surface area (Å²) < 4.78 is 16.2. The van der Waals surface area contributed by atoms with Gasteiger partial charge in [-0.25, -0.2) is 0 Å². The Balaban J connectivity index is 2.04. The Morgan fingerprint density at radius 1 is 1.10 bits per heavy atom. The van der Waals surface area contributed by atoms with Crippen LogP contribution in [0.1, 0.15) is 19.3 Å². The SMILES string of the molecule is OC[C@@H]1CCC[C@@H](OC2(CO)O[C@H](CO)[C@@H](O)[C@@H]2O)O1. The van der Waals surface area contributed by atoms with E-state index in [1.54, 1.807) is 0 Å². The summed E-state index contributed by atoms with van der Waals surface area (Å²) in [5.74, 6) is -1.82. The van der Waals surface area contributed by atoms with Crippen molar-refractivity contribution in [1.29, 1.82) is 0 Å². The zero-order valence-corrected chi connectivity index (χ0v) is 11.1. The molecule has 0 radical (unpaired) electrons. The Bertz CT molecular complexity index is 314. The number of rotatable bonds is 5. The van der Waals surface area contributed by atoms with Crippen LogP contribution < -0.4 is 0 Å². The molecule has 2 aliphatic heterocycles. The fourth-order valence-electron chi connectivity index (χ4n) is 2.58. The average Bonchev–Trinajstić information content (AvgIpc) is 2.72. The highest BCUT2D eigenvalue weighted by molar-refractivity contribution is 4.96. The van der Waals surface area contributed by atoms with Gasteiger partial charge in [0.2, 0.25) is 5.79 Å². The van der Waals surface area contributed by atoms with Crippen molar-refractivity contribution in [1.82, 2.24) is 0 Å². The van der Waals surface area contributed by atoms with E-state index in [1.807, 2.05) is 0 Å². The predicted molar refractivity (Wildman–Crippen MR) is 64.5 cm³/mol. The van der Waals surface area contributed by atoms with E-state index in [0.29, 0.717) is 12.8 Å². The van der Waals surface area contributed by atoms with E-state index in [0.717, 1.165) is 6.42 Å². The van der Waals surface area contributed by atoms with E-state index in [9.17, 15) is 15.3 Å². The van der Waals surface area contributed by atoms with Crippen LogP contribution in [0.2, 0.25) is 0 Å². The van der Waals surface area contributed by atoms with E-state index in [-0.39, 0.29) is 12.7 Å². The Morgan fingerprint density at radius 2 is 1.85 bits per heavy atom. The molecule has 0 aromatic carbocycles. The maximum atomic E-state index is 9.99. The zero-order valence-electron chi connectivity index (χ0n) is 11.1. The first-order valence-corrected chi connectivity index (χ1v) is 6.76. The lowest BCUT2D eigenvalue weighted by molar-refractivity contribution is -0.348. The first kappa shape index (κ1) is 16.1. The molecule has 2 rings (SSSR count). The monoisotopic (exact) mass is 294 g/mol. The Morgan fingerprint density at radius 3 is 2.40 bits per heavy atom. The van der Waals surface area contributed by atoms with Gasteiger partial charge in [0.15, 0.2) is 6.29 Å². The molecule has 6 atom stereocenters. The summed E-state index contributed by atoms with van der Waals surface area (Å²) in [6.07, 6.45) is -3.02. The summed E-state index contributed by atoms with van der Waals surface area (Å²) in [6.45, 7) is -1.34. The maximum Gasteiger partial charge on any atom is 0.223 e. The third-order valence-electron chi connectivity index (χ3n) is 3.75. The second kappa shape index (κ2) is 6.63. The third kappa shape index (κ3) is 2.97. The van der Waals surface area contributed by atoms with Gasteiger partial charge in [-0.3, -0.25) is 0 Å². The molecule has 0 bridgehead atoms. The molecule has 2 fully saturated rings. The zero-order chi connectivity index (χ0) is 14.8. The van der Waals surface area contributed by atoms with Gasteiger partial charge < -0.3 is 39.7 Å². The molecule has 2 heterocycles. The lowest BCUT2D eigenvalue weighted by atomic mass is 10.1. The van der Waals surface area contributed by atoms with E-state index in [2.05, 4.69) is 0 Å². The van der Waals surface area contributed by atoms with Crippen LogP contribution in [0.4, 0.5) is 0 Å². The van der Waals surface area contributed by atoms with Crippen molar-refractivity contribution in [3.63, 3.8) is 0 Å². The van der Waals surface area contributed by atoms with Crippen LogP contribution in [0.5, 0.6) is 0 Å². The van der Waals surface area contributed by atoms with E-state index in [1.165, 1.54) is 0 Å². The second-order valence-electron chi connectivity index (χ2n) is 5.16. The second-order valence-corrected chi connectivity index (χ2v) is 5.16. The van der Waals surface area contributed by atoms with Crippen LogP contribution in [0, 0.1) is 0 Å². The number of aliphatic hydroxyl groups excluding tert-OH is 5. The molecule has 0 spiro atoms. The fraction of sp³-hybridized carbons (Fsp3) is 1.00. The van der Waals surface area contributed by atoms with Crippen LogP contribution in [0.25, 0.3) is 0 Å². The molecule has 0 amide bonds. The molecule has 2 saturated heterocycles. The van der Waals surface area contributed by atoms with Gasteiger partial charge in [-0.1, -0.05) is 0 Å². The molecular weight excluding hydrogens is 272 g/mol. The molecule has 8 nitrogen and oxygen atoms in total. The topological polar surface area (TPSA) is 129 Å². The first-order valence-electron chi connectivity index (χ1n) is 6.76. The normalized spacial score (nSPS) is 45.8. The minimum atomic E-state index is -1.82. The summed E-state index contributed by atoms with van der Waals surface area (Å²) >= 11 is 0. The van der Waals surface area contributed by atoms with Crippen molar-refractivity contribution in [2.45, 2.75) is 55.8 Å². The standard InChI is InChI=1S/C12H22O8/c13-4-7-2-1-3-9(18-7)20-12(6-15)11(17)10(16)8(5-14)19-12/h7-11,13-17H,1-6H2/t7-,8+,9+,10+,11-,12?/m0/s1. The molecule has 5 N–H and O–H groups in total. The van der Waals surface area contributed by atoms with Crippen LogP contribution in [0.15, 0.2) is 0 Å². The van der Waals surface area contributed by atoms with Crippen molar-refractivity contribution in [2.24, 2.45) is 0 Å². The lowest BCUT2D eigenvalue weighted by Gasteiger charge is -2.37. The predicted octanol–water partition coefficient (Wildman–Crippen LogP) is -2.31. The van der Waals surface area contributed by atoms with E-state index in [4.69, 9.17) is 24.4 Å². The number of hydrogen-bond acceptors (Lipinski definition) is 8. The van der Waals surface area contributed by atoms with Crippen molar-refractivity contribution in [2.75, 3.05) is 19.8 Å². The summed E-state index contributed by atoms with van der Waals surface area (Å²) in [4.78, 5) is 0. The third-order valence-corrected chi connectivity index (χ3v) is 3.75. The minimum absolute atomic E-state index is 0.142. The highest BCUT2D eigenvalue weighted by Crippen LogP contribution is 2.35. The van der Waals surface area contributed by atoms with Gasteiger partial charge in [0.25, 0.3) is 0 Å². The lowest BCUT2D eigenvalue weighted by Crippen LogP contribution is -2.52. The van der Waals surface area contributed by atoms with E-state index < -0.39 is 43.6 Å². The molecular formula is C12H22O8. The molecule has 0 aliphatic carbocycles. The molecule has 20 heavy (non-hydrogen) atoms. The summed E-state index contributed by atoms with van der Waals surface area (Å²) in [7, 11) is 0. The van der Waals surface area contributed by atoms with Gasteiger partial charge in [0, 0.05) is 0 Å². The van der Waals surface area contributed by atoms with Crippen LogP contribution in [0.3, 0.4) is 0 Å². The molecule has 118 valence electrons. The van der Waals surface area contributed by atoms with Crippen molar-refractivity contribution >= 4 is 0 Å². The molecule has 8 heteroatoms. The van der Waals surface area contributed by atoms with Crippen molar-refractivity contribution < 1.29 is 39.7 Å². The van der Waals surface area contributed by atoms with Crippen LogP contribution in [-0.2, 0) is 14.2 Å². The molecule has 0 aromatic heterocycles. The molecule has 0 saturated carbocycles. The van der Waals surface area contributed by atoms with Gasteiger partial charge in [-0.05, 0) is 19.3 Å². The Hall–Kier alpha value is -0.320. The number of aliphatic hydroxyl groups is 5. The number of ether oxygens (including phenoxy) is 3. The molecule has 2 aliphatic rings. The number of hydrogen-bond donors (Lipinski definition) is 5. The van der Waals surface area contributed by atoms with E-state index >= 15 is 0 Å². The maximum absolute atomic E-state index is 9.99. The quantitative estimate of drug-likeness (QED) is 0.382. The summed E-state index contributed by atoms with van der Waals surface area (Å²) in [5, 5.41) is 47.3. The molecule has 1 unspecified atom stereocenters. The van der Waals surface area contributed by atoms with Crippen LogP contribution in [-0.4, -0.2) is 81.8 Å². The Labute approximate surface area is 116 Å². The van der Waals surface area contributed by atoms with Gasteiger partial charge in [0.05, 0.1) is 19.3 Å². The highest BCUT2D eigenvalue weighted by atomic mass is 16.8. The van der Waals surface area contributed by atoms with Gasteiger partial charge >= 0.3 is 0 Å². The van der Waals surface area contributed by atoms with Gasteiger partial charge in [-0.15, -0.1) is 0 Å². The highest BCUT2D eigenvalue weighted by Gasteiger charge is 2.56. The fourth-order valence-corrected chi connectivity index (χ4v) is 2.58. The summed E-state index contributed by atoms with van der Waals surface area (Å²) in [6, 6.07) is 0. The first-order chi connectivity index (χ1) is 9.56. The minimum Gasteiger partial charge on any atom is -0.394 e. The largest absolute Gasteiger partial charge is 0.394 e. The van der Waals surface area contributed by atoms with Gasteiger partial charge in [0.1, 0.15) is 24.9 Å². The van der Waals surface area contributed by atoms with Crippen LogP contribution >= 0.6 is 0 Å². The smallest absolute Gasteiger partial charge is 0.223 e. The van der Waals surface area contributed by atoms with Gasteiger partial charge in [-0.2, -0.15) is 0 Å². The molecule has 0 aromatic rings. The van der Waals surface area contributed by atoms with Crippen molar-refractivity contribution in [3.05, 3.63) is 0 Å².